The van der Waals surface area contributed by atoms with E-state index in [1.807, 2.05) is 6.07 Å². The molecule has 0 amide bonds. The van der Waals surface area contributed by atoms with E-state index in [1.165, 1.54) is 5.56 Å². The number of ether oxygens (including phenoxy) is 1. The van der Waals surface area contributed by atoms with Gasteiger partial charge in [-0.05, 0) is 44.6 Å². The molecule has 0 heterocycles. The molecule has 19 heavy (non-hydrogen) atoms. The standard InChI is InChI=1S/C16H28N2O/c1-12(2)13(3)17-11-16(18(4)5)14-8-7-9-15(10-14)19-6/h7-10,12-13,16-17H,11H2,1-6H3. The van der Waals surface area contributed by atoms with Crippen molar-refractivity contribution in [1.29, 1.82) is 0 Å². The summed E-state index contributed by atoms with van der Waals surface area (Å²) < 4.78 is 5.31. The Kier molecular flexibility index (Phi) is 6.32. The molecule has 0 radical (unpaired) electrons. The molecule has 2 unspecified atom stereocenters. The number of likely N-dealkylation sites (N-methyl/N-ethyl adjacent to an activating group) is 1. The normalized spacial score (nSPS) is 14.7. The van der Waals surface area contributed by atoms with Crippen LogP contribution >= 0.6 is 0 Å². The Morgan fingerprint density at radius 3 is 2.42 bits per heavy atom. The SMILES string of the molecule is COc1cccc(C(CNC(C)C(C)C)N(C)C)c1. The Balaban J connectivity index is 2.76. The Labute approximate surface area is 118 Å². The van der Waals surface area contributed by atoms with Gasteiger partial charge in [0.2, 0.25) is 0 Å². The van der Waals surface area contributed by atoms with Crippen LogP contribution in [0.2, 0.25) is 0 Å². The van der Waals surface area contributed by atoms with E-state index in [1.54, 1.807) is 7.11 Å². The summed E-state index contributed by atoms with van der Waals surface area (Å²) in [6.07, 6.45) is 0. The second kappa shape index (κ2) is 7.51. The zero-order chi connectivity index (χ0) is 14.4. The van der Waals surface area contributed by atoms with E-state index < -0.39 is 0 Å². The third-order valence-corrected chi connectivity index (χ3v) is 3.74. The summed E-state index contributed by atoms with van der Waals surface area (Å²) in [6, 6.07) is 9.20. The lowest BCUT2D eigenvalue weighted by Crippen LogP contribution is -2.38. The summed E-state index contributed by atoms with van der Waals surface area (Å²) in [4.78, 5) is 2.24. The predicted octanol–water partition coefficient (Wildman–Crippen LogP) is 2.93. The quantitative estimate of drug-likeness (QED) is 0.819. The van der Waals surface area contributed by atoms with Crippen molar-refractivity contribution in [3.63, 3.8) is 0 Å². The van der Waals surface area contributed by atoms with Gasteiger partial charge in [-0.2, -0.15) is 0 Å². The van der Waals surface area contributed by atoms with Crippen LogP contribution in [0.1, 0.15) is 32.4 Å². The Hall–Kier alpha value is -1.06. The number of nitrogens with zero attached hydrogens (tertiary/aromatic N) is 1. The Morgan fingerprint density at radius 2 is 1.89 bits per heavy atom. The molecule has 108 valence electrons. The molecule has 2 atom stereocenters. The molecule has 3 heteroatoms. The maximum absolute atomic E-state index is 5.31. The van der Waals surface area contributed by atoms with Gasteiger partial charge in [-0.15, -0.1) is 0 Å². The third kappa shape index (κ3) is 4.84. The number of benzene rings is 1. The van der Waals surface area contributed by atoms with Crippen molar-refractivity contribution in [3.05, 3.63) is 29.8 Å². The minimum Gasteiger partial charge on any atom is -0.497 e. The van der Waals surface area contributed by atoms with Crippen molar-refractivity contribution < 1.29 is 4.74 Å². The van der Waals surface area contributed by atoms with Gasteiger partial charge in [-0.3, -0.25) is 0 Å². The highest BCUT2D eigenvalue weighted by molar-refractivity contribution is 5.30. The van der Waals surface area contributed by atoms with Gasteiger partial charge in [0.25, 0.3) is 0 Å². The molecule has 1 rings (SSSR count). The average Bonchev–Trinajstić information content (AvgIpc) is 2.38. The van der Waals surface area contributed by atoms with E-state index in [4.69, 9.17) is 4.74 Å². The van der Waals surface area contributed by atoms with Gasteiger partial charge >= 0.3 is 0 Å². The number of methoxy groups -OCH3 is 1. The monoisotopic (exact) mass is 264 g/mol. The lowest BCUT2D eigenvalue weighted by molar-refractivity contribution is 0.271. The fraction of sp³-hybridized carbons (Fsp3) is 0.625. The van der Waals surface area contributed by atoms with Crippen molar-refractivity contribution in [1.82, 2.24) is 10.2 Å². The lowest BCUT2D eigenvalue weighted by Gasteiger charge is -2.28. The maximum atomic E-state index is 5.31. The first kappa shape index (κ1) is 16.0. The van der Waals surface area contributed by atoms with Gasteiger partial charge in [0.1, 0.15) is 5.75 Å². The Morgan fingerprint density at radius 1 is 1.21 bits per heavy atom. The van der Waals surface area contributed by atoms with Crippen molar-refractivity contribution in [2.24, 2.45) is 5.92 Å². The van der Waals surface area contributed by atoms with Gasteiger partial charge in [0.05, 0.1) is 7.11 Å². The molecule has 0 saturated heterocycles. The summed E-state index contributed by atoms with van der Waals surface area (Å²) >= 11 is 0. The molecule has 1 aromatic rings. The number of rotatable bonds is 7. The molecule has 0 aromatic heterocycles. The fourth-order valence-corrected chi connectivity index (χ4v) is 1.98. The summed E-state index contributed by atoms with van der Waals surface area (Å²) in [5.74, 6) is 1.56. The minimum absolute atomic E-state index is 0.358. The van der Waals surface area contributed by atoms with Crippen LogP contribution in [0.15, 0.2) is 24.3 Å². The largest absolute Gasteiger partial charge is 0.497 e. The van der Waals surface area contributed by atoms with Crippen molar-refractivity contribution >= 4 is 0 Å². The molecule has 0 fully saturated rings. The number of hydrogen-bond donors (Lipinski definition) is 1. The van der Waals surface area contributed by atoms with E-state index in [0.717, 1.165) is 12.3 Å². The van der Waals surface area contributed by atoms with Gasteiger partial charge in [0, 0.05) is 18.6 Å². The highest BCUT2D eigenvalue weighted by Crippen LogP contribution is 2.22. The van der Waals surface area contributed by atoms with E-state index in [9.17, 15) is 0 Å². The van der Waals surface area contributed by atoms with Crippen LogP contribution in [-0.4, -0.2) is 38.7 Å². The van der Waals surface area contributed by atoms with Crippen LogP contribution in [0, 0.1) is 5.92 Å². The third-order valence-electron chi connectivity index (χ3n) is 3.74. The molecule has 0 spiro atoms. The van der Waals surface area contributed by atoms with Crippen molar-refractivity contribution in [2.75, 3.05) is 27.7 Å². The van der Waals surface area contributed by atoms with Crippen LogP contribution in [0.3, 0.4) is 0 Å². The van der Waals surface area contributed by atoms with E-state index in [0.29, 0.717) is 18.0 Å². The second-order valence-electron chi connectivity index (χ2n) is 5.70. The summed E-state index contributed by atoms with van der Waals surface area (Å²) in [6.45, 7) is 7.67. The van der Waals surface area contributed by atoms with E-state index >= 15 is 0 Å². The molecule has 1 N–H and O–H groups in total. The molecule has 1 aromatic carbocycles. The van der Waals surface area contributed by atoms with Crippen LogP contribution in [0.25, 0.3) is 0 Å². The molecule has 0 saturated carbocycles. The zero-order valence-corrected chi connectivity index (χ0v) is 13.1. The van der Waals surface area contributed by atoms with E-state index in [2.05, 4.69) is 63.3 Å². The summed E-state index contributed by atoms with van der Waals surface area (Å²) in [5, 5.41) is 3.62. The summed E-state index contributed by atoms with van der Waals surface area (Å²) in [7, 11) is 5.95. The summed E-state index contributed by atoms with van der Waals surface area (Å²) in [5.41, 5.74) is 1.29. The molecule has 0 aliphatic carbocycles. The lowest BCUT2D eigenvalue weighted by atomic mass is 10.0. The molecular formula is C16H28N2O. The van der Waals surface area contributed by atoms with Gasteiger partial charge in [0.15, 0.2) is 0 Å². The molecular weight excluding hydrogens is 236 g/mol. The van der Waals surface area contributed by atoms with Gasteiger partial charge < -0.3 is 15.0 Å². The fourth-order valence-electron chi connectivity index (χ4n) is 1.98. The first-order valence-corrected chi connectivity index (χ1v) is 6.99. The Bertz CT molecular complexity index is 377. The average molecular weight is 264 g/mol. The van der Waals surface area contributed by atoms with Gasteiger partial charge in [-0.25, -0.2) is 0 Å². The zero-order valence-electron chi connectivity index (χ0n) is 13.1. The van der Waals surface area contributed by atoms with E-state index in [-0.39, 0.29) is 0 Å². The first-order chi connectivity index (χ1) is 8.95. The van der Waals surface area contributed by atoms with Crippen LogP contribution < -0.4 is 10.1 Å². The smallest absolute Gasteiger partial charge is 0.119 e. The molecule has 3 nitrogen and oxygen atoms in total. The number of hydrogen-bond acceptors (Lipinski definition) is 3. The first-order valence-electron chi connectivity index (χ1n) is 6.99. The number of nitrogens with one attached hydrogen (secondary N) is 1. The second-order valence-corrected chi connectivity index (χ2v) is 5.70. The highest BCUT2D eigenvalue weighted by atomic mass is 16.5. The topological polar surface area (TPSA) is 24.5 Å². The minimum atomic E-state index is 0.358. The van der Waals surface area contributed by atoms with Gasteiger partial charge in [-0.1, -0.05) is 26.0 Å². The maximum Gasteiger partial charge on any atom is 0.119 e. The van der Waals surface area contributed by atoms with Crippen molar-refractivity contribution in [3.8, 4) is 5.75 Å². The van der Waals surface area contributed by atoms with Crippen LogP contribution in [-0.2, 0) is 0 Å². The van der Waals surface area contributed by atoms with Crippen LogP contribution in [0.5, 0.6) is 5.75 Å². The van der Waals surface area contributed by atoms with Crippen LogP contribution in [0.4, 0.5) is 0 Å². The highest BCUT2D eigenvalue weighted by Gasteiger charge is 2.16. The predicted molar refractivity (Wildman–Crippen MR) is 81.7 cm³/mol. The molecule has 0 aliphatic heterocycles. The van der Waals surface area contributed by atoms with Crippen molar-refractivity contribution in [2.45, 2.75) is 32.9 Å². The molecule has 0 bridgehead atoms. The molecule has 0 aliphatic rings.